The standard InChI is InChI=1S/C16H13ClN2/c1-2-12-6-3-4-8-14(12)16(17)15(10-18)13-7-5-9-19-11-13/h3-9,11H,2H2,1H3/b16-15+. The minimum absolute atomic E-state index is 0.454. The van der Waals surface area contributed by atoms with Crippen LogP contribution in [0.4, 0.5) is 0 Å². The van der Waals surface area contributed by atoms with Crippen LogP contribution in [0.3, 0.4) is 0 Å². The minimum atomic E-state index is 0.454. The Kier molecular flexibility index (Phi) is 4.33. The molecule has 0 saturated heterocycles. The van der Waals surface area contributed by atoms with Gasteiger partial charge in [0.2, 0.25) is 0 Å². The number of hydrogen-bond acceptors (Lipinski definition) is 2. The molecule has 0 atom stereocenters. The number of allylic oxidation sites excluding steroid dienone is 1. The third-order valence-electron chi connectivity index (χ3n) is 2.92. The number of nitriles is 1. The number of pyridine rings is 1. The lowest BCUT2D eigenvalue weighted by Crippen LogP contribution is -1.92. The molecule has 2 aromatic rings. The Bertz CT molecular complexity index is 639. The number of aromatic nitrogens is 1. The van der Waals surface area contributed by atoms with Crippen molar-refractivity contribution in [2.45, 2.75) is 13.3 Å². The first-order valence-corrected chi connectivity index (χ1v) is 6.44. The maximum absolute atomic E-state index is 9.35. The Morgan fingerprint density at radius 1 is 1.26 bits per heavy atom. The quantitative estimate of drug-likeness (QED) is 0.779. The first kappa shape index (κ1) is 13.3. The van der Waals surface area contributed by atoms with Crippen molar-refractivity contribution in [1.82, 2.24) is 4.98 Å². The van der Waals surface area contributed by atoms with Gasteiger partial charge in [-0.2, -0.15) is 5.26 Å². The molecule has 0 amide bonds. The largest absolute Gasteiger partial charge is 0.264 e. The van der Waals surface area contributed by atoms with Gasteiger partial charge in [-0.15, -0.1) is 0 Å². The van der Waals surface area contributed by atoms with Crippen LogP contribution in [0, 0.1) is 11.3 Å². The molecule has 0 aliphatic heterocycles. The number of nitrogens with zero attached hydrogens (tertiary/aromatic N) is 2. The van der Waals surface area contributed by atoms with Gasteiger partial charge in [-0.1, -0.05) is 48.9 Å². The van der Waals surface area contributed by atoms with Gasteiger partial charge in [-0.05, 0) is 23.6 Å². The smallest absolute Gasteiger partial charge is 0.101 e. The van der Waals surface area contributed by atoms with Crippen LogP contribution in [0.5, 0.6) is 0 Å². The zero-order chi connectivity index (χ0) is 13.7. The van der Waals surface area contributed by atoms with Gasteiger partial charge in [0.15, 0.2) is 0 Å². The highest BCUT2D eigenvalue weighted by molar-refractivity contribution is 6.53. The normalized spacial score (nSPS) is 11.6. The molecule has 1 heterocycles. The fourth-order valence-corrected chi connectivity index (χ4v) is 2.26. The van der Waals surface area contributed by atoms with Crippen LogP contribution in [-0.2, 0) is 6.42 Å². The highest BCUT2D eigenvalue weighted by Crippen LogP contribution is 2.31. The van der Waals surface area contributed by atoms with Gasteiger partial charge in [0.05, 0.1) is 10.6 Å². The Balaban J connectivity index is 2.59. The third kappa shape index (κ3) is 2.83. The van der Waals surface area contributed by atoms with Gasteiger partial charge in [0.1, 0.15) is 6.07 Å². The van der Waals surface area contributed by atoms with Gasteiger partial charge >= 0.3 is 0 Å². The number of benzene rings is 1. The van der Waals surface area contributed by atoms with Crippen molar-refractivity contribution >= 4 is 22.2 Å². The van der Waals surface area contributed by atoms with E-state index in [0.29, 0.717) is 10.6 Å². The topological polar surface area (TPSA) is 36.7 Å². The van der Waals surface area contributed by atoms with Crippen LogP contribution in [0.25, 0.3) is 10.6 Å². The zero-order valence-electron chi connectivity index (χ0n) is 10.6. The van der Waals surface area contributed by atoms with E-state index in [4.69, 9.17) is 11.6 Å². The molecule has 94 valence electrons. The first-order valence-electron chi connectivity index (χ1n) is 6.06. The van der Waals surface area contributed by atoms with E-state index in [-0.39, 0.29) is 0 Å². The molecule has 3 heteroatoms. The van der Waals surface area contributed by atoms with E-state index in [1.807, 2.05) is 30.3 Å². The van der Waals surface area contributed by atoms with Gasteiger partial charge < -0.3 is 0 Å². The van der Waals surface area contributed by atoms with Gasteiger partial charge in [0, 0.05) is 18.0 Å². The molecule has 2 rings (SSSR count). The molecule has 19 heavy (non-hydrogen) atoms. The zero-order valence-corrected chi connectivity index (χ0v) is 11.4. The van der Waals surface area contributed by atoms with Gasteiger partial charge in [-0.3, -0.25) is 4.98 Å². The fraction of sp³-hybridized carbons (Fsp3) is 0.125. The molecule has 0 spiro atoms. The number of hydrogen-bond donors (Lipinski definition) is 0. The van der Waals surface area contributed by atoms with E-state index in [1.165, 1.54) is 0 Å². The second-order valence-corrected chi connectivity index (χ2v) is 4.43. The van der Waals surface area contributed by atoms with E-state index in [2.05, 4.69) is 18.0 Å². The predicted octanol–water partition coefficient (Wildman–Crippen LogP) is 4.27. The van der Waals surface area contributed by atoms with Crippen LogP contribution in [0.15, 0.2) is 48.8 Å². The molecule has 0 fully saturated rings. The van der Waals surface area contributed by atoms with Crippen LogP contribution < -0.4 is 0 Å². The van der Waals surface area contributed by atoms with E-state index >= 15 is 0 Å². The molecule has 0 N–H and O–H groups in total. The molecule has 0 bridgehead atoms. The van der Waals surface area contributed by atoms with E-state index < -0.39 is 0 Å². The van der Waals surface area contributed by atoms with E-state index in [0.717, 1.165) is 23.1 Å². The van der Waals surface area contributed by atoms with Crippen LogP contribution in [0.1, 0.15) is 23.6 Å². The molecular formula is C16H13ClN2. The van der Waals surface area contributed by atoms with Gasteiger partial charge in [0.25, 0.3) is 0 Å². The molecule has 0 radical (unpaired) electrons. The molecule has 0 unspecified atom stereocenters. The summed E-state index contributed by atoms with van der Waals surface area (Å²) < 4.78 is 0. The Labute approximate surface area is 118 Å². The summed E-state index contributed by atoms with van der Waals surface area (Å²) in [4.78, 5) is 4.03. The highest BCUT2D eigenvalue weighted by atomic mass is 35.5. The van der Waals surface area contributed by atoms with Crippen molar-refractivity contribution in [3.63, 3.8) is 0 Å². The van der Waals surface area contributed by atoms with E-state index in [1.54, 1.807) is 18.5 Å². The van der Waals surface area contributed by atoms with Crippen molar-refractivity contribution in [1.29, 1.82) is 5.26 Å². The van der Waals surface area contributed by atoms with Crippen LogP contribution in [0.2, 0.25) is 0 Å². The summed E-state index contributed by atoms with van der Waals surface area (Å²) >= 11 is 6.42. The second-order valence-electron chi connectivity index (χ2n) is 4.05. The number of rotatable bonds is 3. The van der Waals surface area contributed by atoms with Crippen molar-refractivity contribution < 1.29 is 0 Å². The maximum Gasteiger partial charge on any atom is 0.101 e. The average Bonchev–Trinajstić information content (AvgIpc) is 2.49. The molecule has 0 saturated carbocycles. The molecule has 0 aliphatic carbocycles. The summed E-state index contributed by atoms with van der Waals surface area (Å²) in [6.07, 6.45) is 4.19. The van der Waals surface area contributed by atoms with Crippen molar-refractivity contribution in [2.24, 2.45) is 0 Å². The predicted molar refractivity (Wildman–Crippen MR) is 78.3 cm³/mol. The molecule has 1 aromatic heterocycles. The highest BCUT2D eigenvalue weighted by Gasteiger charge is 2.11. The Morgan fingerprint density at radius 2 is 2.05 bits per heavy atom. The van der Waals surface area contributed by atoms with E-state index in [9.17, 15) is 5.26 Å². The molecule has 1 aromatic carbocycles. The Morgan fingerprint density at radius 3 is 2.68 bits per heavy atom. The summed E-state index contributed by atoms with van der Waals surface area (Å²) in [6, 6.07) is 13.7. The summed E-state index contributed by atoms with van der Waals surface area (Å²) in [7, 11) is 0. The molecule has 2 nitrogen and oxygen atoms in total. The minimum Gasteiger partial charge on any atom is -0.264 e. The lowest BCUT2D eigenvalue weighted by Gasteiger charge is -2.08. The summed E-state index contributed by atoms with van der Waals surface area (Å²) in [5.74, 6) is 0. The van der Waals surface area contributed by atoms with Crippen molar-refractivity contribution in [2.75, 3.05) is 0 Å². The van der Waals surface area contributed by atoms with Crippen LogP contribution in [-0.4, -0.2) is 4.98 Å². The number of halogens is 1. The monoisotopic (exact) mass is 268 g/mol. The summed E-state index contributed by atoms with van der Waals surface area (Å²) in [5.41, 5.74) is 3.23. The SMILES string of the molecule is CCc1ccccc1/C(Cl)=C(/C#N)c1cccnc1. The summed E-state index contributed by atoms with van der Waals surface area (Å²) in [6.45, 7) is 2.07. The molecular weight excluding hydrogens is 256 g/mol. The third-order valence-corrected chi connectivity index (χ3v) is 3.31. The lowest BCUT2D eigenvalue weighted by molar-refractivity contribution is 1.13. The fourth-order valence-electron chi connectivity index (χ4n) is 1.93. The Hall–Kier alpha value is -2.11. The van der Waals surface area contributed by atoms with Gasteiger partial charge in [-0.25, -0.2) is 0 Å². The van der Waals surface area contributed by atoms with Crippen molar-refractivity contribution in [3.8, 4) is 6.07 Å². The van der Waals surface area contributed by atoms with Crippen molar-refractivity contribution in [3.05, 3.63) is 65.5 Å². The average molecular weight is 269 g/mol. The van der Waals surface area contributed by atoms with Crippen LogP contribution >= 0.6 is 11.6 Å². The number of aryl methyl sites for hydroxylation is 1. The second kappa shape index (κ2) is 6.17. The first-order chi connectivity index (χ1) is 9.27. The maximum atomic E-state index is 9.35. The lowest BCUT2D eigenvalue weighted by atomic mass is 10.00. The molecule has 0 aliphatic rings. The summed E-state index contributed by atoms with van der Waals surface area (Å²) in [5, 5.41) is 9.83.